The summed E-state index contributed by atoms with van der Waals surface area (Å²) in [5.41, 5.74) is 1.22. The van der Waals surface area contributed by atoms with Gasteiger partial charge in [0.2, 0.25) is 5.91 Å². The molecular formula is C23H23F2NO5. The fourth-order valence-electron chi connectivity index (χ4n) is 3.02. The minimum absolute atomic E-state index is 0.0626. The van der Waals surface area contributed by atoms with Crippen LogP contribution in [-0.4, -0.2) is 26.2 Å². The lowest BCUT2D eigenvalue weighted by Crippen LogP contribution is -2.24. The third-order valence-electron chi connectivity index (χ3n) is 4.44. The second-order valence-corrected chi connectivity index (χ2v) is 6.61. The number of carbonyl (C=O) groups excluding carboxylic acids is 1. The maximum atomic E-state index is 12.5. The largest absolute Gasteiger partial charge is 0.493 e. The Morgan fingerprint density at radius 1 is 1.16 bits per heavy atom. The minimum atomic E-state index is -2.95. The van der Waals surface area contributed by atoms with E-state index in [9.17, 15) is 13.6 Å². The molecule has 1 heterocycles. The summed E-state index contributed by atoms with van der Waals surface area (Å²) in [4.78, 5) is 12.3. The summed E-state index contributed by atoms with van der Waals surface area (Å²) < 4.78 is 45.9. The number of benzene rings is 2. The Balaban J connectivity index is 1.69. The first-order valence-corrected chi connectivity index (χ1v) is 9.68. The van der Waals surface area contributed by atoms with Gasteiger partial charge < -0.3 is 23.9 Å². The number of furan rings is 1. The molecule has 1 atom stereocenters. The van der Waals surface area contributed by atoms with Gasteiger partial charge in [-0.3, -0.25) is 4.79 Å². The van der Waals surface area contributed by atoms with Gasteiger partial charge in [-0.05, 0) is 49.8 Å². The second-order valence-electron chi connectivity index (χ2n) is 6.61. The maximum absolute atomic E-state index is 12.5. The average molecular weight is 431 g/mol. The molecule has 0 saturated heterocycles. The summed E-state index contributed by atoms with van der Waals surface area (Å²) in [6, 6.07) is 11.5. The van der Waals surface area contributed by atoms with E-state index in [1.807, 2.05) is 18.2 Å². The Morgan fingerprint density at radius 3 is 2.68 bits per heavy atom. The molecule has 164 valence electrons. The van der Waals surface area contributed by atoms with Gasteiger partial charge in [0.05, 0.1) is 19.8 Å². The van der Waals surface area contributed by atoms with Crippen LogP contribution in [0.2, 0.25) is 0 Å². The molecule has 0 fully saturated rings. The number of para-hydroxylation sites is 1. The van der Waals surface area contributed by atoms with E-state index in [-0.39, 0.29) is 30.1 Å². The monoisotopic (exact) mass is 431 g/mol. The van der Waals surface area contributed by atoms with Crippen molar-refractivity contribution in [1.82, 2.24) is 5.32 Å². The standard InChI is InChI=1S/C23H23F2NO5/c1-4-29-20-12-15(8-10-17(20)31-23(24)25)9-11-21(27)26-14(2)19-13-16-6-5-7-18(28-3)22(16)30-19/h5-14,23H,4H2,1-3H3,(H,26,27)/b11-9+. The van der Waals surface area contributed by atoms with Crippen molar-refractivity contribution >= 4 is 23.0 Å². The molecule has 0 aliphatic heterocycles. The first kappa shape index (κ1) is 22.1. The van der Waals surface area contributed by atoms with Crippen molar-refractivity contribution in [1.29, 1.82) is 0 Å². The van der Waals surface area contributed by atoms with E-state index in [0.717, 1.165) is 5.39 Å². The molecule has 1 aromatic heterocycles. The Labute approximate surface area is 178 Å². The normalized spacial score (nSPS) is 12.3. The fraction of sp³-hybridized carbons (Fsp3) is 0.261. The number of alkyl halides is 2. The van der Waals surface area contributed by atoms with Crippen LogP contribution in [0.3, 0.4) is 0 Å². The third-order valence-corrected chi connectivity index (χ3v) is 4.44. The highest BCUT2D eigenvalue weighted by atomic mass is 19.3. The molecular weight excluding hydrogens is 408 g/mol. The molecule has 8 heteroatoms. The number of nitrogens with one attached hydrogen (secondary N) is 1. The van der Waals surface area contributed by atoms with E-state index in [0.29, 0.717) is 22.7 Å². The number of halogens is 2. The highest BCUT2D eigenvalue weighted by Crippen LogP contribution is 2.31. The van der Waals surface area contributed by atoms with Crippen molar-refractivity contribution in [2.24, 2.45) is 0 Å². The summed E-state index contributed by atoms with van der Waals surface area (Å²) in [6.45, 7) is 0.871. The van der Waals surface area contributed by atoms with Crippen LogP contribution in [0.4, 0.5) is 8.78 Å². The van der Waals surface area contributed by atoms with Crippen molar-refractivity contribution in [3.63, 3.8) is 0 Å². The van der Waals surface area contributed by atoms with Crippen molar-refractivity contribution in [2.75, 3.05) is 13.7 Å². The molecule has 3 aromatic rings. The fourth-order valence-corrected chi connectivity index (χ4v) is 3.02. The number of fused-ring (bicyclic) bond motifs is 1. The van der Waals surface area contributed by atoms with Gasteiger partial charge in [-0.15, -0.1) is 0 Å². The number of hydrogen-bond donors (Lipinski definition) is 1. The van der Waals surface area contributed by atoms with Gasteiger partial charge in [-0.1, -0.05) is 18.2 Å². The topological polar surface area (TPSA) is 69.9 Å². The molecule has 2 aromatic carbocycles. The number of rotatable bonds is 9. The van der Waals surface area contributed by atoms with Crippen LogP contribution in [0.5, 0.6) is 17.2 Å². The van der Waals surface area contributed by atoms with Gasteiger partial charge in [0.1, 0.15) is 5.76 Å². The van der Waals surface area contributed by atoms with E-state index in [2.05, 4.69) is 10.1 Å². The molecule has 1 unspecified atom stereocenters. The van der Waals surface area contributed by atoms with Crippen molar-refractivity contribution < 1.29 is 32.2 Å². The van der Waals surface area contributed by atoms with Crippen LogP contribution in [0.1, 0.15) is 31.2 Å². The van der Waals surface area contributed by atoms with Gasteiger partial charge in [-0.25, -0.2) is 0 Å². The first-order chi connectivity index (χ1) is 14.9. The summed E-state index contributed by atoms with van der Waals surface area (Å²) in [7, 11) is 1.57. The number of hydrogen-bond acceptors (Lipinski definition) is 5. The van der Waals surface area contributed by atoms with Crippen molar-refractivity contribution in [3.05, 3.63) is 59.9 Å². The molecule has 0 aliphatic carbocycles. The van der Waals surface area contributed by atoms with Gasteiger partial charge in [0, 0.05) is 11.5 Å². The quantitative estimate of drug-likeness (QED) is 0.464. The minimum Gasteiger partial charge on any atom is -0.493 e. The molecule has 1 amide bonds. The molecule has 6 nitrogen and oxygen atoms in total. The van der Waals surface area contributed by atoms with Gasteiger partial charge in [-0.2, -0.15) is 8.78 Å². The molecule has 0 bridgehead atoms. The van der Waals surface area contributed by atoms with Crippen LogP contribution >= 0.6 is 0 Å². The van der Waals surface area contributed by atoms with Crippen LogP contribution in [-0.2, 0) is 4.79 Å². The summed E-state index contributed by atoms with van der Waals surface area (Å²) in [6.07, 6.45) is 2.90. The van der Waals surface area contributed by atoms with Crippen LogP contribution in [0.25, 0.3) is 17.0 Å². The first-order valence-electron chi connectivity index (χ1n) is 9.68. The summed E-state index contributed by atoms with van der Waals surface area (Å²) in [5.74, 6) is 0.980. The van der Waals surface area contributed by atoms with Gasteiger partial charge in [0.25, 0.3) is 0 Å². The predicted molar refractivity (Wildman–Crippen MR) is 113 cm³/mol. The second kappa shape index (κ2) is 9.97. The SMILES string of the molecule is CCOc1cc(/C=C/C(=O)NC(C)c2cc3cccc(OC)c3o2)ccc1OC(F)F. The van der Waals surface area contributed by atoms with Gasteiger partial charge >= 0.3 is 6.61 Å². The van der Waals surface area contributed by atoms with E-state index in [4.69, 9.17) is 13.9 Å². The zero-order chi connectivity index (χ0) is 22.4. The molecule has 0 saturated carbocycles. The number of carbonyl (C=O) groups is 1. The van der Waals surface area contributed by atoms with Crippen LogP contribution in [0, 0.1) is 0 Å². The van der Waals surface area contributed by atoms with E-state index < -0.39 is 6.61 Å². The molecule has 3 rings (SSSR count). The maximum Gasteiger partial charge on any atom is 0.387 e. The average Bonchev–Trinajstić information content (AvgIpc) is 3.18. The Hall–Kier alpha value is -3.55. The zero-order valence-corrected chi connectivity index (χ0v) is 17.4. The molecule has 31 heavy (non-hydrogen) atoms. The zero-order valence-electron chi connectivity index (χ0n) is 17.4. The lowest BCUT2D eigenvalue weighted by atomic mass is 10.1. The predicted octanol–water partition coefficient (Wildman–Crippen LogP) is 5.33. The van der Waals surface area contributed by atoms with Crippen LogP contribution < -0.4 is 19.5 Å². The summed E-state index contributed by atoms with van der Waals surface area (Å²) >= 11 is 0. The van der Waals surface area contributed by atoms with E-state index >= 15 is 0 Å². The van der Waals surface area contributed by atoms with E-state index in [1.165, 1.54) is 18.2 Å². The van der Waals surface area contributed by atoms with Crippen molar-refractivity contribution in [2.45, 2.75) is 26.5 Å². The summed E-state index contributed by atoms with van der Waals surface area (Å²) in [5, 5.41) is 3.70. The number of amides is 1. The molecule has 0 spiro atoms. The third kappa shape index (κ3) is 5.53. The highest BCUT2D eigenvalue weighted by Gasteiger charge is 2.15. The lowest BCUT2D eigenvalue weighted by Gasteiger charge is -2.12. The number of methoxy groups -OCH3 is 1. The van der Waals surface area contributed by atoms with Crippen molar-refractivity contribution in [3.8, 4) is 17.2 Å². The Bertz CT molecular complexity index is 1080. The smallest absolute Gasteiger partial charge is 0.387 e. The van der Waals surface area contributed by atoms with E-state index in [1.54, 1.807) is 39.2 Å². The molecule has 1 N–H and O–H groups in total. The Kier molecular flexibility index (Phi) is 7.12. The molecule has 0 aliphatic rings. The van der Waals surface area contributed by atoms with Gasteiger partial charge in [0.15, 0.2) is 22.8 Å². The molecule has 0 radical (unpaired) electrons. The Morgan fingerprint density at radius 2 is 1.97 bits per heavy atom. The highest BCUT2D eigenvalue weighted by molar-refractivity contribution is 5.92. The number of ether oxygens (including phenoxy) is 3. The van der Waals surface area contributed by atoms with Crippen LogP contribution in [0.15, 0.2) is 53.0 Å². The lowest BCUT2D eigenvalue weighted by molar-refractivity contribution is -0.117.